The van der Waals surface area contributed by atoms with E-state index in [0.717, 1.165) is 32.0 Å². The van der Waals surface area contributed by atoms with Gasteiger partial charge in [-0.25, -0.2) is 4.99 Å². The third-order valence-electron chi connectivity index (χ3n) is 4.47. The number of benzene rings is 2. The molecule has 2 aromatic carbocycles. The van der Waals surface area contributed by atoms with Crippen molar-refractivity contribution >= 4 is 17.2 Å². The summed E-state index contributed by atoms with van der Waals surface area (Å²) in [6.07, 6.45) is 0. The molecule has 0 atom stereocenters. The third kappa shape index (κ3) is 3.92. The highest BCUT2D eigenvalue weighted by Crippen LogP contribution is 2.24. The van der Waals surface area contributed by atoms with Gasteiger partial charge in [-0.2, -0.15) is 5.26 Å². The topological polar surface area (TPSA) is 51.9 Å². The Hall–Kier alpha value is -3.00. The zero-order valence-electron chi connectivity index (χ0n) is 14.6. The van der Waals surface area contributed by atoms with Crippen molar-refractivity contribution < 1.29 is 4.74 Å². The summed E-state index contributed by atoms with van der Waals surface area (Å²) in [6, 6.07) is 18.1. The van der Waals surface area contributed by atoms with E-state index in [1.807, 2.05) is 25.1 Å². The van der Waals surface area contributed by atoms with Gasteiger partial charge in [0.15, 0.2) is 0 Å². The first kappa shape index (κ1) is 16.8. The van der Waals surface area contributed by atoms with Gasteiger partial charge in [-0.15, -0.1) is 0 Å². The van der Waals surface area contributed by atoms with Crippen LogP contribution >= 0.6 is 0 Å². The molecule has 1 fully saturated rings. The summed E-state index contributed by atoms with van der Waals surface area (Å²) in [5, 5.41) is 9.33. The van der Waals surface area contributed by atoms with Gasteiger partial charge in [0.25, 0.3) is 0 Å². The molecule has 0 spiro atoms. The van der Waals surface area contributed by atoms with Crippen molar-refractivity contribution in [2.45, 2.75) is 6.92 Å². The number of anilines is 1. The zero-order valence-corrected chi connectivity index (χ0v) is 14.6. The average Bonchev–Trinajstić information content (AvgIpc) is 2.69. The Labute approximate surface area is 148 Å². The summed E-state index contributed by atoms with van der Waals surface area (Å²) in [5.41, 5.74) is 2.48. The zero-order chi connectivity index (χ0) is 17.6. The molecule has 0 radical (unpaired) electrons. The first-order chi connectivity index (χ1) is 12.2. The smallest absolute Gasteiger partial charge is 0.120 e. The number of piperazine rings is 1. The summed E-state index contributed by atoms with van der Waals surface area (Å²) in [4.78, 5) is 9.33. The van der Waals surface area contributed by atoms with Crippen LogP contribution in [0, 0.1) is 11.3 Å². The van der Waals surface area contributed by atoms with Crippen molar-refractivity contribution in [1.82, 2.24) is 4.90 Å². The largest absolute Gasteiger partial charge is 0.497 e. The molecule has 1 aliphatic rings. The average molecular weight is 334 g/mol. The number of aliphatic imine (C=N–C) groups is 1. The summed E-state index contributed by atoms with van der Waals surface area (Å²) >= 11 is 0. The van der Waals surface area contributed by atoms with Gasteiger partial charge >= 0.3 is 0 Å². The number of ether oxygens (including phenoxy) is 1. The lowest BCUT2D eigenvalue weighted by molar-refractivity contribution is 0.384. The SMILES string of the molecule is COc1ccc(N=C(C)N2CCN(c3ccccc3)CC2)c(C#N)c1. The molecule has 5 nitrogen and oxygen atoms in total. The maximum Gasteiger partial charge on any atom is 0.120 e. The molecule has 0 amide bonds. The van der Waals surface area contributed by atoms with Crippen LogP contribution in [-0.4, -0.2) is 44.0 Å². The molecule has 0 unspecified atom stereocenters. The molecular formula is C20H22N4O. The van der Waals surface area contributed by atoms with Gasteiger partial charge in [0.2, 0.25) is 0 Å². The Morgan fingerprint density at radius 3 is 2.44 bits per heavy atom. The van der Waals surface area contributed by atoms with Crippen molar-refractivity contribution in [1.29, 1.82) is 5.26 Å². The fourth-order valence-electron chi connectivity index (χ4n) is 3.00. The first-order valence-corrected chi connectivity index (χ1v) is 8.39. The standard InChI is InChI=1S/C20H22N4O/c1-16(22-20-9-8-19(25-2)14-17(20)15-21)23-10-12-24(13-11-23)18-6-4-3-5-7-18/h3-9,14H,10-13H2,1-2H3. The number of nitrogens with zero attached hydrogens (tertiary/aromatic N) is 4. The molecule has 0 saturated carbocycles. The van der Waals surface area contributed by atoms with Crippen LogP contribution in [0.15, 0.2) is 53.5 Å². The van der Waals surface area contributed by atoms with Gasteiger partial charge in [0.1, 0.15) is 17.7 Å². The number of para-hydroxylation sites is 1. The molecule has 0 aromatic heterocycles. The molecule has 2 aromatic rings. The summed E-state index contributed by atoms with van der Waals surface area (Å²) in [5.74, 6) is 1.61. The third-order valence-corrected chi connectivity index (χ3v) is 4.47. The molecule has 5 heteroatoms. The lowest BCUT2D eigenvalue weighted by atomic mass is 10.2. The van der Waals surface area contributed by atoms with E-state index in [2.05, 4.69) is 45.1 Å². The van der Waals surface area contributed by atoms with Gasteiger partial charge in [-0.1, -0.05) is 18.2 Å². The van der Waals surface area contributed by atoms with Crippen LogP contribution in [0.25, 0.3) is 0 Å². The normalized spacial score (nSPS) is 15.0. The van der Waals surface area contributed by atoms with Crippen molar-refractivity contribution in [3.63, 3.8) is 0 Å². The number of methoxy groups -OCH3 is 1. The van der Waals surface area contributed by atoms with Crippen molar-refractivity contribution in [3.05, 3.63) is 54.1 Å². The van der Waals surface area contributed by atoms with E-state index < -0.39 is 0 Å². The lowest BCUT2D eigenvalue weighted by Crippen LogP contribution is -2.48. The fraction of sp³-hybridized carbons (Fsp3) is 0.300. The van der Waals surface area contributed by atoms with Gasteiger partial charge in [0.05, 0.1) is 18.4 Å². The monoisotopic (exact) mass is 334 g/mol. The summed E-state index contributed by atoms with van der Waals surface area (Å²) in [7, 11) is 1.59. The molecule has 0 bridgehead atoms. The first-order valence-electron chi connectivity index (χ1n) is 8.39. The van der Waals surface area contributed by atoms with E-state index in [4.69, 9.17) is 4.74 Å². The number of rotatable bonds is 3. The highest BCUT2D eigenvalue weighted by atomic mass is 16.5. The van der Waals surface area contributed by atoms with E-state index in [9.17, 15) is 5.26 Å². The lowest BCUT2D eigenvalue weighted by Gasteiger charge is -2.37. The highest BCUT2D eigenvalue weighted by molar-refractivity contribution is 5.83. The van der Waals surface area contributed by atoms with Crippen LogP contribution < -0.4 is 9.64 Å². The summed E-state index contributed by atoms with van der Waals surface area (Å²) in [6.45, 7) is 5.77. The van der Waals surface area contributed by atoms with E-state index in [1.54, 1.807) is 13.2 Å². The quantitative estimate of drug-likeness (QED) is 0.637. The van der Waals surface area contributed by atoms with Gasteiger partial charge in [0, 0.05) is 37.9 Å². The molecule has 3 rings (SSSR count). The maximum absolute atomic E-state index is 9.33. The second-order valence-electron chi connectivity index (χ2n) is 5.96. The number of amidine groups is 1. The molecule has 128 valence electrons. The minimum Gasteiger partial charge on any atom is -0.497 e. The van der Waals surface area contributed by atoms with E-state index in [-0.39, 0.29) is 0 Å². The molecule has 0 N–H and O–H groups in total. The van der Waals surface area contributed by atoms with Crippen molar-refractivity contribution in [2.24, 2.45) is 4.99 Å². The summed E-state index contributed by atoms with van der Waals surface area (Å²) < 4.78 is 5.17. The van der Waals surface area contributed by atoms with Crippen molar-refractivity contribution in [2.75, 3.05) is 38.2 Å². The maximum atomic E-state index is 9.33. The number of hydrogen-bond acceptors (Lipinski definition) is 4. The van der Waals surface area contributed by atoms with Crippen LogP contribution in [0.1, 0.15) is 12.5 Å². The predicted molar refractivity (Wildman–Crippen MR) is 101 cm³/mol. The Morgan fingerprint density at radius 2 is 1.80 bits per heavy atom. The van der Waals surface area contributed by atoms with Crippen molar-refractivity contribution in [3.8, 4) is 11.8 Å². The molecule has 1 heterocycles. The van der Waals surface area contributed by atoms with E-state index in [1.165, 1.54) is 5.69 Å². The molecule has 0 aliphatic carbocycles. The Bertz CT molecular complexity index is 787. The Morgan fingerprint density at radius 1 is 1.08 bits per heavy atom. The Kier molecular flexibility index (Phi) is 5.20. The second kappa shape index (κ2) is 7.71. The van der Waals surface area contributed by atoms with Gasteiger partial charge < -0.3 is 14.5 Å². The van der Waals surface area contributed by atoms with Crippen LogP contribution in [-0.2, 0) is 0 Å². The molecule has 25 heavy (non-hydrogen) atoms. The van der Waals surface area contributed by atoms with Gasteiger partial charge in [-0.3, -0.25) is 0 Å². The molecule has 1 saturated heterocycles. The van der Waals surface area contributed by atoms with Gasteiger partial charge in [-0.05, 0) is 31.2 Å². The molecular weight excluding hydrogens is 312 g/mol. The van der Waals surface area contributed by atoms with Crippen LogP contribution in [0.5, 0.6) is 5.75 Å². The second-order valence-corrected chi connectivity index (χ2v) is 5.96. The minimum absolute atomic E-state index is 0.529. The molecule has 1 aliphatic heterocycles. The predicted octanol–water partition coefficient (Wildman–Crippen LogP) is 3.44. The van der Waals surface area contributed by atoms with Crippen LogP contribution in [0.4, 0.5) is 11.4 Å². The number of nitriles is 1. The minimum atomic E-state index is 0.529. The highest BCUT2D eigenvalue weighted by Gasteiger charge is 2.18. The number of hydrogen-bond donors (Lipinski definition) is 0. The van der Waals surface area contributed by atoms with E-state index in [0.29, 0.717) is 17.0 Å². The Balaban J connectivity index is 1.69. The van der Waals surface area contributed by atoms with E-state index >= 15 is 0 Å². The fourth-order valence-corrected chi connectivity index (χ4v) is 3.00. The van der Waals surface area contributed by atoms with Crippen LogP contribution in [0.2, 0.25) is 0 Å². The van der Waals surface area contributed by atoms with Crippen LogP contribution in [0.3, 0.4) is 0 Å².